The molecule has 0 aliphatic rings. The molecule has 0 atom stereocenters. The van der Waals surface area contributed by atoms with Gasteiger partial charge >= 0.3 is 0 Å². The van der Waals surface area contributed by atoms with Gasteiger partial charge in [0.25, 0.3) is 0 Å². The van der Waals surface area contributed by atoms with Gasteiger partial charge in [-0.05, 0) is 12.8 Å². The van der Waals surface area contributed by atoms with E-state index in [0.717, 1.165) is 17.8 Å². The first-order valence-corrected chi connectivity index (χ1v) is 5.62. The molecule has 0 saturated heterocycles. The highest BCUT2D eigenvalue weighted by Crippen LogP contribution is 2.16. The predicted molar refractivity (Wildman–Crippen MR) is 65.0 cm³/mol. The Labute approximate surface area is 96.1 Å². The maximum absolute atomic E-state index is 4.18. The third-order valence-corrected chi connectivity index (χ3v) is 2.44. The van der Waals surface area contributed by atoms with E-state index in [4.69, 9.17) is 0 Å². The van der Waals surface area contributed by atoms with Crippen LogP contribution in [0.15, 0.2) is 30.5 Å². The summed E-state index contributed by atoms with van der Waals surface area (Å²) in [6.07, 6.45) is 2.00. The minimum Gasteiger partial charge on any atom is -0.252 e. The monoisotopic (exact) mass is 215 g/mol. The summed E-state index contributed by atoms with van der Waals surface area (Å²) in [5.41, 5.74) is 3.33. The van der Waals surface area contributed by atoms with Crippen molar-refractivity contribution >= 4 is 0 Å². The lowest BCUT2D eigenvalue weighted by Gasteiger charge is -2.02. The highest BCUT2D eigenvalue weighted by molar-refractivity contribution is 5.57. The highest BCUT2D eigenvalue weighted by atomic mass is 15.4. The van der Waals surface area contributed by atoms with Gasteiger partial charge in [-0.3, -0.25) is 4.68 Å². The minimum atomic E-state index is 0.590. The number of aromatic nitrogens is 3. The van der Waals surface area contributed by atoms with Crippen molar-refractivity contribution in [3.8, 4) is 11.3 Å². The van der Waals surface area contributed by atoms with Crippen LogP contribution < -0.4 is 0 Å². The molecule has 2 rings (SSSR count). The molecule has 0 unspecified atom stereocenters. The summed E-state index contributed by atoms with van der Waals surface area (Å²) in [5.74, 6) is 0.590. The van der Waals surface area contributed by atoms with Gasteiger partial charge in [-0.25, -0.2) is 0 Å². The Morgan fingerprint density at radius 1 is 1.19 bits per heavy atom. The van der Waals surface area contributed by atoms with Gasteiger partial charge < -0.3 is 0 Å². The normalized spacial score (nSPS) is 11.0. The van der Waals surface area contributed by atoms with E-state index in [1.54, 1.807) is 0 Å². The maximum atomic E-state index is 4.18. The average molecular weight is 215 g/mol. The molecule has 2 aromatic rings. The fourth-order valence-electron chi connectivity index (χ4n) is 1.62. The van der Waals surface area contributed by atoms with E-state index >= 15 is 0 Å². The summed E-state index contributed by atoms with van der Waals surface area (Å²) in [7, 11) is 0. The van der Waals surface area contributed by atoms with Gasteiger partial charge in [-0.2, -0.15) is 0 Å². The van der Waals surface area contributed by atoms with Crippen molar-refractivity contribution in [3.05, 3.63) is 36.0 Å². The van der Waals surface area contributed by atoms with Crippen molar-refractivity contribution in [3.63, 3.8) is 0 Å². The molecule has 0 saturated carbocycles. The molecule has 16 heavy (non-hydrogen) atoms. The molecule has 0 spiro atoms. The summed E-state index contributed by atoms with van der Waals surface area (Å²) in [4.78, 5) is 0. The topological polar surface area (TPSA) is 30.7 Å². The zero-order valence-electron chi connectivity index (χ0n) is 10.0. The molecule has 0 N–H and O–H groups in total. The second kappa shape index (κ2) is 4.47. The van der Waals surface area contributed by atoms with E-state index in [-0.39, 0.29) is 0 Å². The molecule has 0 radical (unpaired) electrons. The third-order valence-electron chi connectivity index (χ3n) is 2.44. The van der Waals surface area contributed by atoms with Gasteiger partial charge in [0.2, 0.25) is 0 Å². The Kier molecular flexibility index (Phi) is 3.04. The Bertz CT molecular complexity index is 454. The van der Waals surface area contributed by atoms with Gasteiger partial charge in [0, 0.05) is 12.1 Å². The van der Waals surface area contributed by atoms with Crippen molar-refractivity contribution in [2.24, 2.45) is 5.92 Å². The summed E-state index contributed by atoms with van der Waals surface area (Å²) in [6.45, 7) is 7.35. The van der Waals surface area contributed by atoms with Crippen LogP contribution >= 0.6 is 0 Å². The molecule has 1 aromatic carbocycles. The zero-order chi connectivity index (χ0) is 11.5. The lowest BCUT2D eigenvalue weighted by molar-refractivity contribution is 0.472. The number of nitrogens with zero attached hydrogens (tertiary/aromatic N) is 3. The van der Waals surface area contributed by atoms with Gasteiger partial charge in [0.05, 0.1) is 6.20 Å². The van der Waals surface area contributed by atoms with Crippen LogP contribution in [-0.4, -0.2) is 15.0 Å². The summed E-state index contributed by atoms with van der Waals surface area (Å²) in [5, 5.41) is 8.30. The van der Waals surface area contributed by atoms with Crippen LogP contribution in [0.25, 0.3) is 11.3 Å². The molecule has 0 bridgehead atoms. The van der Waals surface area contributed by atoms with E-state index < -0.39 is 0 Å². The number of benzene rings is 1. The van der Waals surface area contributed by atoms with Crippen molar-refractivity contribution < 1.29 is 0 Å². The van der Waals surface area contributed by atoms with E-state index in [9.17, 15) is 0 Å². The highest BCUT2D eigenvalue weighted by Gasteiger charge is 2.04. The van der Waals surface area contributed by atoms with Gasteiger partial charge in [0.1, 0.15) is 5.69 Å². The maximum Gasteiger partial charge on any atom is 0.113 e. The van der Waals surface area contributed by atoms with Crippen LogP contribution in [0.5, 0.6) is 0 Å². The Balaban J connectivity index is 2.21. The SMILES string of the molecule is Cc1ccc(-c2cn(CC(C)C)nn2)cc1. The van der Waals surface area contributed by atoms with Crippen molar-refractivity contribution in [1.82, 2.24) is 15.0 Å². The Hall–Kier alpha value is -1.64. The molecular weight excluding hydrogens is 198 g/mol. The van der Waals surface area contributed by atoms with Crippen LogP contribution in [-0.2, 0) is 6.54 Å². The van der Waals surface area contributed by atoms with E-state index in [1.165, 1.54) is 5.56 Å². The second-order valence-corrected chi connectivity index (χ2v) is 4.59. The molecular formula is C13H17N3. The van der Waals surface area contributed by atoms with E-state index in [1.807, 2.05) is 10.9 Å². The zero-order valence-corrected chi connectivity index (χ0v) is 10.0. The van der Waals surface area contributed by atoms with Crippen molar-refractivity contribution in [1.29, 1.82) is 0 Å². The fraction of sp³-hybridized carbons (Fsp3) is 0.385. The second-order valence-electron chi connectivity index (χ2n) is 4.59. The molecule has 3 nitrogen and oxygen atoms in total. The lowest BCUT2D eigenvalue weighted by Crippen LogP contribution is -2.04. The first kappa shape index (κ1) is 10.9. The Morgan fingerprint density at radius 2 is 1.88 bits per heavy atom. The number of hydrogen-bond donors (Lipinski definition) is 0. The van der Waals surface area contributed by atoms with E-state index in [0.29, 0.717) is 5.92 Å². The van der Waals surface area contributed by atoms with Crippen LogP contribution in [0.4, 0.5) is 0 Å². The quantitative estimate of drug-likeness (QED) is 0.788. The fourth-order valence-corrected chi connectivity index (χ4v) is 1.62. The van der Waals surface area contributed by atoms with Crippen LogP contribution in [0.2, 0.25) is 0 Å². The number of aryl methyl sites for hydroxylation is 1. The predicted octanol–water partition coefficient (Wildman–Crippen LogP) is 2.91. The average Bonchev–Trinajstić information content (AvgIpc) is 2.66. The largest absolute Gasteiger partial charge is 0.252 e. The summed E-state index contributed by atoms with van der Waals surface area (Å²) in [6, 6.07) is 8.35. The standard InChI is InChI=1S/C13H17N3/c1-10(2)8-16-9-13(14-15-16)12-6-4-11(3)5-7-12/h4-7,9-10H,8H2,1-3H3. The van der Waals surface area contributed by atoms with Crippen LogP contribution in [0.3, 0.4) is 0 Å². The van der Waals surface area contributed by atoms with Crippen LogP contribution in [0.1, 0.15) is 19.4 Å². The van der Waals surface area contributed by atoms with Crippen molar-refractivity contribution in [2.45, 2.75) is 27.3 Å². The molecule has 1 aromatic heterocycles. The smallest absolute Gasteiger partial charge is 0.113 e. The molecule has 0 aliphatic heterocycles. The molecule has 1 heterocycles. The first-order valence-electron chi connectivity index (χ1n) is 5.62. The van der Waals surface area contributed by atoms with E-state index in [2.05, 4.69) is 55.3 Å². The summed E-state index contributed by atoms with van der Waals surface area (Å²) < 4.78 is 1.90. The summed E-state index contributed by atoms with van der Waals surface area (Å²) >= 11 is 0. The Morgan fingerprint density at radius 3 is 2.50 bits per heavy atom. The molecule has 0 aliphatic carbocycles. The number of hydrogen-bond acceptors (Lipinski definition) is 2. The minimum absolute atomic E-state index is 0.590. The van der Waals surface area contributed by atoms with Gasteiger partial charge in [-0.15, -0.1) is 5.10 Å². The van der Waals surface area contributed by atoms with Crippen molar-refractivity contribution in [2.75, 3.05) is 0 Å². The van der Waals surface area contributed by atoms with Gasteiger partial charge in [0.15, 0.2) is 0 Å². The third kappa shape index (κ3) is 2.48. The first-order chi connectivity index (χ1) is 7.65. The lowest BCUT2D eigenvalue weighted by atomic mass is 10.1. The number of rotatable bonds is 3. The molecule has 3 heteroatoms. The molecule has 84 valence electrons. The molecule has 0 fully saturated rings. The van der Waals surface area contributed by atoms with Gasteiger partial charge in [-0.1, -0.05) is 48.9 Å². The van der Waals surface area contributed by atoms with Crippen LogP contribution in [0, 0.1) is 12.8 Å². The molecule has 0 amide bonds.